The number of aromatic nitrogens is 1. The van der Waals surface area contributed by atoms with Gasteiger partial charge in [0.05, 0.1) is 48.0 Å². The van der Waals surface area contributed by atoms with E-state index < -0.39 is 5.91 Å². The lowest BCUT2D eigenvalue weighted by atomic mass is 10.2. The van der Waals surface area contributed by atoms with Gasteiger partial charge >= 0.3 is 0 Å². The highest BCUT2D eigenvalue weighted by Crippen LogP contribution is 2.28. The molecule has 1 aliphatic rings. The molecule has 2 heterocycles. The number of nitrogens with one attached hydrogen (secondary N) is 1. The van der Waals surface area contributed by atoms with Crippen molar-refractivity contribution in [1.29, 1.82) is 0 Å². The predicted octanol–water partition coefficient (Wildman–Crippen LogP) is 2.35. The van der Waals surface area contributed by atoms with Crippen molar-refractivity contribution < 1.29 is 19.1 Å². The lowest BCUT2D eigenvalue weighted by Crippen LogP contribution is -2.46. The minimum Gasteiger partial charge on any atom is -0.374 e. The molecule has 1 aromatic carbocycles. The normalized spacial score (nSPS) is 16.3. The Hall–Kier alpha value is -1.89. The van der Waals surface area contributed by atoms with E-state index in [1.807, 2.05) is 12.1 Å². The van der Waals surface area contributed by atoms with Gasteiger partial charge in [0.25, 0.3) is 0 Å². The number of carbonyl (C=O) groups is 3. The standard InChI is InChI=1S/C21H25Cl2N5O4S2/c1-13(29)28(34-21-26-15(12-33-21)7-20(31)25-8-19(24)30)11-16-10-27(4-5-32-16)9-14-2-3-17(22)18(23)6-14/h2-3,6,12,16H,4-5,7-11H2,1H3,(H2,24,30)(H,25,31)/t16-/m0/s1. The van der Waals surface area contributed by atoms with Crippen molar-refractivity contribution in [2.75, 3.05) is 32.8 Å². The first-order chi connectivity index (χ1) is 16.2. The molecule has 34 heavy (non-hydrogen) atoms. The fourth-order valence-electron chi connectivity index (χ4n) is 3.26. The van der Waals surface area contributed by atoms with Crippen LogP contribution in [0.15, 0.2) is 27.9 Å². The largest absolute Gasteiger partial charge is 0.374 e. The lowest BCUT2D eigenvalue weighted by Gasteiger charge is -2.35. The minimum atomic E-state index is -0.611. The maximum Gasteiger partial charge on any atom is 0.236 e. The van der Waals surface area contributed by atoms with Crippen LogP contribution >= 0.6 is 46.5 Å². The van der Waals surface area contributed by atoms with Crippen molar-refractivity contribution in [1.82, 2.24) is 19.5 Å². The van der Waals surface area contributed by atoms with Gasteiger partial charge in [-0.3, -0.25) is 23.6 Å². The third-order valence-corrected chi connectivity index (χ3v) is 7.66. The summed E-state index contributed by atoms with van der Waals surface area (Å²) >= 11 is 14.7. The first kappa shape index (κ1) is 26.7. The predicted molar refractivity (Wildman–Crippen MR) is 133 cm³/mol. The summed E-state index contributed by atoms with van der Waals surface area (Å²) in [5.41, 5.74) is 6.64. The molecule has 3 N–H and O–H groups in total. The monoisotopic (exact) mass is 545 g/mol. The number of morpholine rings is 1. The molecule has 1 atom stereocenters. The molecule has 1 saturated heterocycles. The molecule has 184 valence electrons. The zero-order chi connectivity index (χ0) is 24.7. The Morgan fingerprint density at radius 3 is 2.85 bits per heavy atom. The number of amides is 3. The van der Waals surface area contributed by atoms with Crippen LogP contribution in [0.2, 0.25) is 10.0 Å². The van der Waals surface area contributed by atoms with Gasteiger partial charge in [0.1, 0.15) is 0 Å². The van der Waals surface area contributed by atoms with Crippen LogP contribution < -0.4 is 11.1 Å². The molecule has 13 heteroatoms. The third-order valence-electron chi connectivity index (χ3n) is 4.85. The molecular weight excluding hydrogens is 521 g/mol. The summed E-state index contributed by atoms with van der Waals surface area (Å²) in [6.45, 7) is 4.38. The number of thiazole rings is 1. The second kappa shape index (κ2) is 12.7. The summed E-state index contributed by atoms with van der Waals surface area (Å²) in [4.78, 5) is 41.6. The van der Waals surface area contributed by atoms with Crippen LogP contribution in [0, 0.1) is 0 Å². The topological polar surface area (TPSA) is 118 Å². The number of nitrogens with zero attached hydrogens (tertiary/aromatic N) is 3. The van der Waals surface area contributed by atoms with Gasteiger partial charge in [0.2, 0.25) is 17.7 Å². The molecule has 0 radical (unpaired) electrons. The van der Waals surface area contributed by atoms with Crippen molar-refractivity contribution in [2.24, 2.45) is 5.73 Å². The van der Waals surface area contributed by atoms with Crippen LogP contribution in [-0.2, 0) is 32.1 Å². The Bertz CT molecular complexity index is 1040. The number of nitrogens with two attached hydrogens (primary N) is 1. The number of carbonyl (C=O) groups excluding carboxylic acids is 3. The van der Waals surface area contributed by atoms with E-state index in [-0.39, 0.29) is 30.9 Å². The van der Waals surface area contributed by atoms with E-state index >= 15 is 0 Å². The van der Waals surface area contributed by atoms with Gasteiger partial charge in [-0.1, -0.05) is 29.3 Å². The Labute approximate surface area is 216 Å². The van der Waals surface area contributed by atoms with Gasteiger partial charge in [0.15, 0.2) is 4.34 Å². The molecule has 0 saturated carbocycles. The lowest BCUT2D eigenvalue weighted by molar-refractivity contribution is -0.126. The molecule has 3 amide bonds. The second-order valence-corrected chi connectivity index (χ2v) is 10.6. The number of halogens is 2. The molecule has 1 fully saturated rings. The second-order valence-electron chi connectivity index (χ2n) is 7.67. The van der Waals surface area contributed by atoms with E-state index in [9.17, 15) is 14.4 Å². The number of ether oxygens (including phenoxy) is 1. The van der Waals surface area contributed by atoms with Crippen LogP contribution in [0.1, 0.15) is 18.2 Å². The molecule has 0 spiro atoms. The van der Waals surface area contributed by atoms with Crippen LogP contribution in [-0.4, -0.2) is 70.8 Å². The minimum absolute atomic E-state index is 0.0276. The van der Waals surface area contributed by atoms with Crippen molar-refractivity contribution >= 4 is 64.2 Å². The zero-order valence-electron chi connectivity index (χ0n) is 18.5. The van der Waals surface area contributed by atoms with E-state index in [1.54, 1.807) is 15.8 Å². The quantitative estimate of drug-likeness (QED) is 0.440. The van der Waals surface area contributed by atoms with Gasteiger partial charge in [-0.2, -0.15) is 0 Å². The third kappa shape index (κ3) is 8.40. The summed E-state index contributed by atoms with van der Waals surface area (Å²) in [6.07, 6.45) is -0.133. The fraction of sp³-hybridized carbons (Fsp3) is 0.429. The number of benzene rings is 1. The van der Waals surface area contributed by atoms with Crippen molar-refractivity contribution in [3.63, 3.8) is 0 Å². The van der Waals surface area contributed by atoms with Gasteiger partial charge in [-0.15, -0.1) is 11.3 Å². The Morgan fingerprint density at radius 2 is 2.15 bits per heavy atom. The molecular formula is C21H25Cl2N5O4S2. The van der Waals surface area contributed by atoms with Gasteiger partial charge in [0, 0.05) is 43.9 Å². The summed E-state index contributed by atoms with van der Waals surface area (Å²) in [7, 11) is 0. The Kier molecular flexibility index (Phi) is 9.98. The number of hydrogen-bond acceptors (Lipinski definition) is 8. The van der Waals surface area contributed by atoms with Gasteiger partial charge in [-0.05, 0) is 17.7 Å². The summed E-state index contributed by atoms with van der Waals surface area (Å²) in [5.74, 6) is -1.08. The molecule has 0 aliphatic carbocycles. The van der Waals surface area contributed by atoms with Crippen molar-refractivity contribution in [3.8, 4) is 0 Å². The summed E-state index contributed by atoms with van der Waals surface area (Å²) in [5, 5.41) is 5.22. The van der Waals surface area contributed by atoms with Crippen LogP contribution in [0.3, 0.4) is 0 Å². The van der Waals surface area contributed by atoms with E-state index in [0.717, 1.165) is 12.1 Å². The SMILES string of the molecule is CC(=O)N(C[C@@H]1CN(Cc2ccc(Cl)c(Cl)c2)CCO1)Sc1nc(CC(=O)NCC(N)=O)cs1. The number of primary amides is 1. The van der Waals surface area contributed by atoms with Crippen molar-refractivity contribution in [2.45, 2.75) is 30.3 Å². The first-order valence-electron chi connectivity index (χ1n) is 10.4. The van der Waals surface area contributed by atoms with E-state index in [0.29, 0.717) is 46.3 Å². The number of hydrogen-bond donors (Lipinski definition) is 2. The van der Waals surface area contributed by atoms with E-state index in [1.165, 1.54) is 30.2 Å². The highest BCUT2D eigenvalue weighted by Gasteiger charge is 2.25. The van der Waals surface area contributed by atoms with Gasteiger partial charge in [-0.25, -0.2) is 4.98 Å². The highest BCUT2D eigenvalue weighted by molar-refractivity contribution is 7.99. The maximum absolute atomic E-state index is 12.3. The van der Waals surface area contributed by atoms with E-state index in [2.05, 4.69) is 15.2 Å². The molecule has 0 unspecified atom stereocenters. The first-order valence-corrected chi connectivity index (χ1v) is 12.8. The Balaban J connectivity index is 1.54. The average Bonchev–Trinajstić information content (AvgIpc) is 3.21. The smallest absolute Gasteiger partial charge is 0.236 e. The van der Waals surface area contributed by atoms with Crippen LogP contribution in [0.4, 0.5) is 0 Å². The van der Waals surface area contributed by atoms with Crippen LogP contribution in [0.5, 0.6) is 0 Å². The van der Waals surface area contributed by atoms with Crippen molar-refractivity contribution in [3.05, 3.63) is 44.9 Å². The summed E-state index contributed by atoms with van der Waals surface area (Å²) < 4.78 is 8.16. The molecule has 0 bridgehead atoms. The van der Waals surface area contributed by atoms with Gasteiger partial charge < -0.3 is 15.8 Å². The molecule has 3 rings (SSSR count). The highest BCUT2D eigenvalue weighted by atomic mass is 35.5. The summed E-state index contributed by atoms with van der Waals surface area (Å²) in [6, 6.07) is 5.60. The fourth-order valence-corrected chi connectivity index (χ4v) is 5.43. The average molecular weight is 547 g/mol. The maximum atomic E-state index is 12.3. The molecule has 9 nitrogen and oxygen atoms in total. The zero-order valence-corrected chi connectivity index (χ0v) is 21.6. The Morgan fingerprint density at radius 1 is 1.35 bits per heavy atom. The molecule has 2 aromatic rings. The molecule has 1 aromatic heterocycles. The molecule has 1 aliphatic heterocycles. The number of rotatable bonds is 10. The van der Waals surface area contributed by atoms with E-state index in [4.69, 9.17) is 33.7 Å². The van der Waals surface area contributed by atoms with Crippen LogP contribution in [0.25, 0.3) is 0 Å².